The molecule has 2 unspecified atom stereocenters. The number of rotatable bonds is 5. The monoisotopic (exact) mass is 365 g/mol. The maximum absolute atomic E-state index is 12.6. The zero-order valence-electron chi connectivity index (χ0n) is 14.6. The van der Waals surface area contributed by atoms with E-state index in [2.05, 4.69) is 10.0 Å². The van der Waals surface area contributed by atoms with Crippen LogP contribution < -0.4 is 15.8 Å². The highest BCUT2D eigenvalue weighted by molar-refractivity contribution is 7.92. The smallest absolute Gasteiger partial charge is 0.232 e. The minimum Gasteiger partial charge on any atom is -0.327 e. The Bertz CT molecular complexity index is 704. The highest BCUT2D eigenvalue weighted by Crippen LogP contribution is 2.42. The summed E-state index contributed by atoms with van der Waals surface area (Å²) in [4.78, 5) is 12.6. The van der Waals surface area contributed by atoms with Crippen LogP contribution in [0.4, 0.5) is 11.4 Å². The predicted molar refractivity (Wildman–Crippen MR) is 99.7 cm³/mol. The van der Waals surface area contributed by atoms with Crippen LogP contribution in [0.1, 0.15) is 39.0 Å². The zero-order valence-corrected chi connectivity index (χ0v) is 15.4. The van der Waals surface area contributed by atoms with Crippen molar-refractivity contribution in [2.75, 3.05) is 15.8 Å². The topological polar surface area (TPSA) is 101 Å². The number of nitrogens with two attached hydrogens (primary N) is 1. The molecule has 138 valence electrons. The normalized spacial score (nSPS) is 29.0. The maximum atomic E-state index is 12.6. The van der Waals surface area contributed by atoms with Crippen molar-refractivity contribution >= 4 is 27.3 Å². The molecule has 6 nitrogen and oxygen atoms in total. The maximum Gasteiger partial charge on any atom is 0.232 e. The summed E-state index contributed by atoms with van der Waals surface area (Å²) in [5.74, 6) is 1.03. The average molecular weight is 365 g/mol. The third kappa shape index (κ3) is 4.33. The molecule has 0 radical (unpaired) electrons. The number of hydrogen-bond acceptors (Lipinski definition) is 4. The number of sulfonamides is 1. The largest absolute Gasteiger partial charge is 0.327 e. The Hall–Kier alpha value is -1.60. The molecule has 2 aliphatic rings. The molecule has 0 aliphatic heterocycles. The first-order valence-corrected chi connectivity index (χ1v) is 10.7. The van der Waals surface area contributed by atoms with Crippen LogP contribution >= 0.6 is 0 Å². The van der Waals surface area contributed by atoms with Crippen LogP contribution in [0.5, 0.6) is 0 Å². The van der Waals surface area contributed by atoms with Gasteiger partial charge in [-0.1, -0.05) is 6.42 Å². The van der Waals surface area contributed by atoms with Crippen molar-refractivity contribution < 1.29 is 13.2 Å². The second-order valence-electron chi connectivity index (χ2n) is 7.27. The van der Waals surface area contributed by atoms with Crippen LogP contribution in [0.2, 0.25) is 0 Å². The van der Waals surface area contributed by atoms with E-state index in [1.165, 1.54) is 6.42 Å². The summed E-state index contributed by atoms with van der Waals surface area (Å²) in [5, 5.41) is 2.96. The first-order valence-electron chi connectivity index (χ1n) is 9.05. The van der Waals surface area contributed by atoms with E-state index in [1.54, 1.807) is 31.2 Å². The Morgan fingerprint density at radius 1 is 1.12 bits per heavy atom. The van der Waals surface area contributed by atoms with Crippen LogP contribution in [0.3, 0.4) is 0 Å². The van der Waals surface area contributed by atoms with Crippen molar-refractivity contribution in [3.05, 3.63) is 24.3 Å². The number of fused-ring (bicyclic) bond motifs is 2. The Morgan fingerprint density at radius 2 is 1.68 bits per heavy atom. The number of carbonyl (C=O) groups is 1. The molecular weight excluding hydrogens is 338 g/mol. The Morgan fingerprint density at radius 3 is 2.24 bits per heavy atom. The van der Waals surface area contributed by atoms with Gasteiger partial charge in [0.2, 0.25) is 15.9 Å². The van der Waals surface area contributed by atoms with E-state index in [-0.39, 0.29) is 23.6 Å². The first kappa shape index (κ1) is 18.2. The molecule has 1 amide bonds. The van der Waals surface area contributed by atoms with Crippen molar-refractivity contribution in [3.63, 3.8) is 0 Å². The van der Waals surface area contributed by atoms with E-state index in [9.17, 15) is 13.2 Å². The molecule has 2 atom stereocenters. The molecule has 2 bridgehead atoms. The number of nitrogens with one attached hydrogen (secondary N) is 2. The fourth-order valence-electron chi connectivity index (χ4n) is 4.12. The van der Waals surface area contributed by atoms with Crippen molar-refractivity contribution in [1.82, 2.24) is 0 Å². The second-order valence-corrected chi connectivity index (χ2v) is 9.28. The Balaban J connectivity index is 1.60. The van der Waals surface area contributed by atoms with Crippen molar-refractivity contribution in [1.29, 1.82) is 0 Å². The summed E-state index contributed by atoms with van der Waals surface area (Å²) in [6.07, 6.45) is 5.24. The van der Waals surface area contributed by atoms with E-state index in [0.717, 1.165) is 25.7 Å². The third-order valence-corrected chi connectivity index (χ3v) is 6.90. The second kappa shape index (κ2) is 7.33. The minimum absolute atomic E-state index is 0.0216. The van der Waals surface area contributed by atoms with Gasteiger partial charge in [0.15, 0.2) is 0 Å². The van der Waals surface area contributed by atoms with Gasteiger partial charge >= 0.3 is 0 Å². The van der Waals surface area contributed by atoms with E-state index in [1.807, 2.05) is 0 Å². The van der Waals surface area contributed by atoms with Crippen molar-refractivity contribution in [2.45, 2.75) is 45.1 Å². The fourth-order valence-corrected chi connectivity index (χ4v) is 4.76. The highest BCUT2D eigenvalue weighted by atomic mass is 32.2. The zero-order chi connectivity index (χ0) is 18.0. The van der Waals surface area contributed by atoms with Gasteiger partial charge in [0, 0.05) is 23.3 Å². The molecule has 3 rings (SSSR count). The number of carbonyl (C=O) groups excluding carboxylic acids is 1. The number of anilines is 2. The van der Waals surface area contributed by atoms with Crippen LogP contribution in [-0.2, 0) is 14.8 Å². The lowest BCUT2D eigenvalue weighted by atomic mass is 9.65. The summed E-state index contributed by atoms with van der Waals surface area (Å²) in [6.45, 7) is 1.59. The summed E-state index contributed by atoms with van der Waals surface area (Å²) in [5.41, 5.74) is 7.47. The number of benzene rings is 1. The number of amides is 1. The summed E-state index contributed by atoms with van der Waals surface area (Å²) < 4.78 is 25.6. The van der Waals surface area contributed by atoms with Gasteiger partial charge in [-0.15, -0.1) is 0 Å². The van der Waals surface area contributed by atoms with Gasteiger partial charge in [-0.05, 0) is 68.7 Å². The van der Waals surface area contributed by atoms with E-state index in [0.29, 0.717) is 23.2 Å². The van der Waals surface area contributed by atoms with Crippen molar-refractivity contribution in [3.8, 4) is 0 Å². The van der Waals surface area contributed by atoms with Gasteiger partial charge in [-0.3, -0.25) is 9.52 Å². The quantitative estimate of drug-likeness (QED) is 0.746. The van der Waals surface area contributed by atoms with E-state index >= 15 is 0 Å². The van der Waals surface area contributed by atoms with Gasteiger partial charge in [0.05, 0.1) is 5.75 Å². The molecule has 0 saturated heterocycles. The molecule has 25 heavy (non-hydrogen) atoms. The fraction of sp³-hybridized carbons (Fsp3) is 0.611. The van der Waals surface area contributed by atoms with E-state index in [4.69, 9.17) is 5.73 Å². The third-order valence-electron chi connectivity index (χ3n) is 5.59. The summed E-state index contributed by atoms with van der Waals surface area (Å²) >= 11 is 0. The van der Waals surface area contributed by atoms with Crippen LogP contribution in [0.15, 0.2) is 24.3 Å². The molecular formula is C18H27N3O3S. The molecule has 2 aliphatic carbocycles. The number of hydrogen-bond donors (Lipinski definition) is 3. The molecule has 1 aromatic carbocycles. The van der Waals surface area contributed by atoms with Crippen LogP contribution in [0.25, 0.3) is 0 Å². The van der Waals surface area contributed by atoms with Crippen LogP contribution in [-0.4, -0.2) is 26.1 Å². The average Bonchev–Trinajstić information content (AvgIpc) is 2.56. The summed E-state index contributed by atoms with van der Waals surface area (Å²) in [7, 11) is -3.29. The molecule has 0 heterocycles. The lowest BCUT2D eigenvalue weighted by Gasteiger charge is -2.43. The Kier molecular flexibility index (Phi) is 5.34. The van der Waals surface area contributed by atoms with Crippen LogP contribution in [0, 0.1) is 17.8 Å². The molecule has 2 fully saturated rings. The first-order chi connectivity index (χ1) is 11.9. The van der Waals surface area contributed by atoms with Gasteiger partial charge in [-0.25, -0.2) is 8.42 Å². The van der Waals surface area contributed by atoms with Gasteiger partial charge in [0.1, 0.15) is 0 Å². The van der Waals surface area contributed by atoms with Crippen molar-refractivity contribution in [2.24, 2.45) is 23.5 Å². The molecule has 1 aromatic rings. The molecule has 0 spiro atoms. The standard InChI is InChI=1S/C18H27N3O3S/c1-2-25(23,24)21-16-8-6-15(7-9-16)20-18(22)14-10-12-4-3-5-13(11-14)17(12)19/h6-9,12-14,17,21H,2-5,10-11,19H2,1H3,(H,20,22). The lowest BCUT2D eigenvalue weighted by Crippen LogP contribution is -2.48. The van der Waals surface area contributed by atoms with Gasteiger partial charge in [-0.2, -0.15) is 0 Å². The Labute approximate surface area is 149 Å². The molecule has 0 aromatic heterocycles. The predicted octanol–water partition coefficient (Wildman–Crippen LogP) is 2.54. The SMILES string of the molecule is CCS(=O)(=O)Nc1ccc(NC(=O)C2CC3CCCC(C2)C3N)cc1. The lowest BCUT2D eigenvalue weighted by molar-refractivity contribution is -0.122. The van der Waals surface area contributed by atoms with Gasteiger partial charge in [0.25, 0.3) is 0 Å². The molecule has 7 heteroatoms. The summed E-state index contributed by atoms with van der Waals surface area (Å²) in [6, 6.07) is 7.02. The van der Waals surface area contributed by atoms with E-state index < -0.39 is 10.0 Å². The minimum atomic E-state index is -3.29. The molecule has 2 saturated carbocycles. The molecule has 4 N–H and O–H groups in total. The van der Waals surface area contributed by atoms with Gasteiger partial charge < -0.3 is 11.1 Å². The highest BCUT2D eigenvalue weighted by Gasteiger charge is 2.40.